The van der Waals surface area contributed by atoms with Crippen LogP contribution < -0.4 is 0 Å². The molecular weight excluding hydrogens is 291 g/mol. The molecule has 0 unspecified atom stereocenters. The summed E-state index contributed by atoms with van der Waals surface area (Å²) in [4.78, 5) is 24.2. The molecule has 0 aliphatic heterocycles. The maximum Gasteiger partial charge on any atom is 0.323 e. The van der Waals surface area contributed by atoms with Gasteiger partial charge in [-0.05, 0) is 25.7 Å². The van der Waals surface area contributed by atoms with E-state index < -0.39 is 17.4 Å². The van der Waals surface area contributed by atoms with Crippen molar-refractivity contribution in [3.05, 3.63) is 0 Å². The van der Waals surface area contributed by atoms with E-state index in [1.54, 1.807) is 13.8 Å². The van der Waals surface area contributed by atoms with Crippen LogP contribution in [0.5, 0.6) is 0 Å². The Labute approximate surface area is 124 Å². The number of alkyl halides is 2. The van der Waals surface area contributed by atoms with Crippen molar-refractivity contribution in [2.75, 3.05) is 25.0 Å². The van der Waals surface area contributed by atoms with Gasteiger partial charge in [0.15, 0.2) is 5.41 Å². The molecule has 0 aliphatic rings. The summed E-state index contributed by atoms with van der Waals surface area (Å²) in [5.41, 5.74) is -1.21. The summed E-state index contributed by atoms with van der Waals surface area (Å²) in [6.07, 6.45) is 1.84. The van der Waals surface area contributed by atoms with Gasteiger partial charge in [-0.1, -0.05) is 13.8 Å². The third-order valence-electron chi connectivity index (χ3n) is 3.01. The van der Waals surface area contributed by atoms with Crippen LogP contribution in [0, 0.1) is 5.41 Å². The molecule has 0 N–H and O–H groups in total. The van der Waals surface area contributed by atoms with Crippen molar-refractivity contribution >= 4 is 35.1 Å². The molecule has 0 saturated heterocycles. The van der Waals surface area contributed by atoms with Crippen LogP contribution in [-0.2, 0) is 19.1 Å². The Morgan fingerprint density at radius 2 is 1.26 bits per heavy atom. The normalized spacial score (nSPS) is 11.2. The fourth-order valence-corrected chi connectivity index (χ4v) is 1.84. The molecule has 0 rings (SSSR count). The summed E-state index contributed by atoms with van der Waals surface area (Å²) in [7, 11) is 0. The largest absolute Gasteiger partial charge is 0.465 e. The van der Waals surface area contributed by atoms with Gasteiger partial charge in [-0.25, -0.2) is 0 Å². The molecule has 0 heterocycles. The van der Waals surface area contributed by atoms with Crippen LogP contribution in [0.1, 0.15) is 39.5 Å². The smallest absolute Gasteiger partial charge is 0.323 e. The number of ether oxygens (including phenoxy) is 2. The Balaban J connectivity index is 4.62. The molecule has 0 bridgehead atoms. The van der Waals surface area contributed by atoms with Crippen LogP contribution >= 0.6 is 23.2 Å². The SMILES string of the molecule is CCC(CC)(C(=O)OCCCCl)C(=O)OCCCCl. The number of rotatable bonds is 10. The first kappa shape index (κ1) is 18.5. The number of carbonyl (C=O) groups excluding carboxylic acids is 2. The maximum atomic E-state index is 12.1. The first-order valence-corrected chi connectivity index (χ1v) is 7.62. The number of esters is 2. The minimum absolute atomic E-state index is 0.221. The topological polar surface area (TPSA) is 52.6 Å². The molecule has 0 amide bonds. The lowest BCUT2D eigenvalue weighted by molar-refractivity contribution is -0.173. The lowest BCUT2D eigenvalue weighted by atomic mass is 9.82. The minimum Gasteiger partial charge on any atom is -0.465 e. The second-order valence-electron chi connectivity index (χ2n) is 4.15. The number of carbonyl (C=O) groups is 2. The van der Waals surface area contributed by atoms with Gasteiger partial charge in [0.1, 0.15) is 0 Å². The van der Waals surface area contributed by atoms with E-state index >= 15 is 0 Å². The monoisotopic (exact) mass is 312 g/mol. The lowest BCUT2D eigenvalue weighted by Gasteiger charge is -2.26. The van der Waals surface area contributed by atoms with Crippen molar-refractivity contribution in [3.8, 4) is 0 Å². The predicted octanol–water partition coefficient (Wildman–Crippen LogP) is 3.14. The third-order valence-corrected chi connectivity index (χ3v) is 3.55. The van der Waals surface area contributed by atoms with Crippen molar-refractivity contribution in [2.24, 2.45) is 5.41 Å². The first-order valence-electron chi connectivity index (χ1n) is 6.55. The van der Waals surface area contributed by atoms with E-state index in [0.717, 1.165) is 0 Å². The van der Waals surface area contributed by atoms with Crippen LogP contribution in [0.15, 0.2) is 0 Å². The highest BCUT2D eigenvalue weighted by Gasteiger charge is 2.45. The number of hydrogen-bond donors (Lipinski definition) is 0. The van der Waals surface area contributed by atoms with Gasteiger partial charge in [0.2, 0.25) is 0 Å². The number of halogens is 2. The highest BCUT2D eigenvalue weighted by Crippen LogP contribution is 2.30. The highest BCUT2D eigenvalue weighted by atomic mass is 35.5. The van der Waals surface area contributed by atoms with Crippen LogP contribution in [0.25, 0.3) is 0 Å². The van der Waals surface area contributed by atoms with E-state index in [2.05, 4.69) is 0 Å². The van der Waals surface area contributed by atoms with E-state index in [1.165, 1.54) is 0 Å². The fourth-order valence-electron chi connectivity index (χ4n) is 1.63. The molecule has 0 spiro atoms. The van der Waals surface area contributed by atoms with Crippen molar-refractivity contribution in [1.29, 1.82) is 0 Å². The summed E-state index contributed by atoms with van der Waals surface area (Å²) < 4.78 is 10.2. The second-order valence-corrected chi connectivity index (χ2v) is 4.90. The standard InChI is InChI=1S/C13H22Cl2O4/c1-3-13(4-2,11(16)18-9-5-7-14)12(17)19-10-6-8-15/h3-10H2,1-2H3. The quantitative estimate of drug-likeness (QED) is 0.269. The van der Waals surface area contributed by atoms with Gasteiger partial charge < -0.3 is 9.47 Å². The molecule has 0 aliphatic carbocycles. The van der Waals surface area contributed by atoms with Crippen molar-refractivity contribution in [2.45, 2.75) is 39.5 Å². The summed E-state index contributed by atoms with van der Waals surface area (Å²) in [5, 5.41) is 0. The Morgan fingerprint density at radius 3 is 1.53 bits per heavy atom. The first-order chi connectivity index (χ1) is 9.08. The molecular formula is C13H22Cl2O4. The zero-order valence-corrected chi connectivity index (χ0v) is 13.1. The summed E-state index contributed by atoms with van der Waals surface area (Å²) in [5.74, 6) is -0.228. The van der Waals surface area contributed by atoms with Crippen molar-refractivity contribution < 1.29 is 19.1 Å². The van der Waals surface area contributed by atoms with Crippen LogP contribution in [0.3, 0.4) is 0 Å². The Kier molecular flexibility index (Phi) is 10.1. The molecule has 0 aromatic rings. The molecule has 19 heavy (non-hydrogen) atoms. The Morgan fingerprint density at radius 1 is 0.895 bits per heavy atom. The van der Waals surface area contributed by atoms with Crippen molar-refractivity contribution in [3.63, 3.8) is 0 Å². The van der Waals surface area contributed by atoms with Gasteiger partial charge in [-0.2, -0.15) is 0 Å². The fraction of sp³-hybridized carbons (Fsp3) is 0.846. The van der Waals surface area contributed by atoms with Gasteiger partial charge in [-0.3, -0.25) is 9.59 Å². The summed E-state index contributed by atoms with van der Waals surface area (Å²) >= 11 is 11.0. The molecule has 0 atom stereocenters. The Hall–Kier alpha value is -0.480. The van der Waals surface area contributed by atoms with Crippen LogP contribution in [0.4, 0.5) is 0 Å². The minimum atomic E-state index is -1.21. The molecule has 0 saturated carbocycles. The van der Waals surface area contributed by atoms with Crippen LogP contribution in [0.2, 0.25) is 0 Å². The highest BCUT2D eigenvalue weighted by molar-refractivity contribution is 6.18. The van der Waals surface area contributed by atoms with Gasteiger partial charge in [0.05, 0.1) is 13.2 Å². The van der Waals surface area contributed by atoms with Gasteiger partial charge in [0, 0.05) is 11.8 Å². The van der Waals surface area contributed by atoms with E-state index in [4.69, 9.17) is 32.7 Å². The van der Waals surface area contributed by atoms with Gasteiger partial charge >= 0.3 is 11.9 Å². The van der Waals surface area contributed by atoms with Gasteiger partial charge in [-0.15, -0.1) is 23.2 Å². The molecule has 112 valence electrons. The number of hydrogen-bond acceptors (Lipinski definition) is 4. The van der Waals surface area contributed by atoms with Gasteiger partial charge in [0.25, 0.3) is 0 Å². The molecule has 0 fully saturated rings. The van der Waals surface area contributed by atoms with E-state index in [9.17, 15) is 9.59 Å². The Bertz CT molecular complexity index is 254. The molecule has 6 heteroatoms. The zero-order valence-electron chi connectivity index (χ0n) is 11.5. The lowest BCUT2D eigenvalue weighted by Crippen LogP contribution is -2.41. The van der Waals surface area contributed by atoms with E-state index in [1.807, 2.05) is 0 Å². The zero-order chi connectivity index (χ0) is 14.7. The summed E-state index contributed by atoms with van der Waals surface area (Å²) in [6, 6.07) is 0. The molecule has 0 aromatic heterocycles. The summed E-state index contributed by atoms with van der Waals surface area (Å²) in [6.45, 7) is 3.99. The third kappa shape index (κ3) is 5.57. The second kappa shape index (κ2) is 10.3. The van der Waals surface area contributed by atoms with E-state index in [0.29, 0.717) is 37.4 Å². The van der Waals surface area contributed by atoms with Crippen LogP contribution in [-0.4, -0.2) is 36.9 Å². The predicted molar refractivity (Wildman–Crippen MR) is 75.6 cm³/mol. The molecule has 0 radical (unpaired) electrons. The average Bonchev–Trinajstić information content (AvgIpc) is 2.41. The molecule has 0 aromatic carbocycles. The maximum absolute atomic E-state index is 12.1. The van der Waals surface area contributed by atoms with E-state index in [-0.39, 0.29) is 13.2 Å². The average molecular weight is 313 g/mol. The van der Waals surface area contributed by atoms with Crippen molar-refractivity contribution in [1.82, 2.24) is 0 Å². The molecule has 4 nitrogen and oxygen atoms in total.